The molecular weight excluding hydrogens is 436 g/mol. The summed E-state index contributed by atoms with van der Waals surface area (Å²) in [6.07, 6.45) is 2.25. The molecule has 4 rings (SSSR count). The number of nitrogens with zero attached hydrogens (tertiary/aromatic N) is 2. The number of aromatic hydroxyl groups is 1. The summed E-state index contributed by atoms with van der Waals surface area (Å²) in [5.74, 6) is -1.13. The van der Waals surface area contributed by atoms with Crippen molar-refractivity contribution in [3.8, 4) is 11.6 Å². The number of aliphatic imine (C=N–C) groups is 1. The molecule has 2 aromatic carbocycles. The number of hydrogen-bond donors (Lipinski definition) is 3. The van der Waals surface area contributed by atoms with E-state index in [4.69, 9.17) is 4.74 Å². The maximum absolute atomic E-state index is 12.7. The Hall–Kier alpha value is -4.40. The third kappa shape index (κ3) is 4.27. The second kappa shape index (κ2) is 9.62. The van der Waals surface area contributed by atoms with Crippen molar-refractivity contribution in [2.75, 3.05) is 7.11 Å². The van der Waals surface area contributed by atoms with Crippen LogP contribution in [0.2, 0.25) is 0 Å². The van der Waals surface area contributed by atoms with Gasteiger partial charge in [-0.15, -0.1) is 0 Å². The largest absolute Gasteiger partial charge is 0.493 e. The topological polar surface area (TPSA) is 130 Å². The maximum atomic E-state index is 12.7. The highest BCUT2D eigenvalue weighted by molar-refractivity contribution is 6.03. The number of ether oxygens (including phenoxy) is 1. The Morgan fingerprint density at radius 1 is 1.12 bits per heavy atom. The molecule has 0 aliphatic rings. The zero-order valence-corrected chi connectivity index (χ0v) is 18.7. The number of carbonyl (C=O) groups is 1. The molecule has 3 N–H and O–H groups in total. The number of fused-ring (bicyclic) bond motifs is 1. The van der Waals surface area contributed by atoms with Gasteiger partial charge in [0.15, 0.2) is 6.04 Å². The molecule has 9 heteroatoms. The Morgan fingerprint density at radius 3 is 2.53 bits per heavy atom. The van der Waals surface area contributed by atoms with Gasteiger partial charge < -0.3 is 14.8 Å². The van der Waals surface area contributed by atoms with Gasteiger partial charge in [-0.2, -0.15) is 0 Å². The SMILES string of the molecule is CCC(=N[C@H](Cc1c[nH]c2ccccc12)C(=O)OC)c1c(O)n(-c2ccccc2)c(=O)[nH]c1=O. The van der Waals surface area contributed by atoms with Gasteiger partial charge in [0.1, 0.15) is 5.56 Å². The number of benzene rings is 2. The molecule has 0 fully saturated rings. The molecule has 0 aliphatic carbocycles. The van der Waals surface area contributed by atoms with Crippen LogP contribution in [0.3, 0.4) is 0 Å². The fraction of sp³-hybridized carbons (Fsp3) is 0.200. The third-order valence-corrected chi connectivity index (χ3v) is 5.60. The van der Waals surface area contributed by atoms with E-state index in [0.29, 0.717) is 5.69 Å². The third-order valence-electron chi connectivity index (χ3n) is 5.60. The predicted molar refractivity (Wildman–Crippen MR) is 129 cm³/mol. The normalized spacial score (nSPS) is 12.6. The van der Waals surface area contributed by atoms with E-state index in [0.717, 1.165) is 21.0 Å². The van der Waals surface area contributed by atoms with E-state index >= 15 is 0 Å². The van der Waals surface area contributed by atoms with E-state index in [9.17, 15) is 19.5 Å². The minimum atomic E-state index is -0.963. The molecule has 2 heterocycles. The summed E-state index contributed by atoms with van der Waals surface area (Å²) >= 11 is 0. The van der Waals surface area contributed by atoms with Gasteiger partial charge in [-0.3, -0.25) is 14.8 Å². The first-order valence-corrected chi connectivity index (χ1v) is 10.8. The number of esters is 1. The second-order valence-corrected chi connectivity index (χ2v) is 7.66. The van der Waals surface area contributed by atoms with Crippen molar-refractivity contribution < 1.29 is 14.6 Å². The number of H-pyrrole nitrogens is 2. The first kappa shape index (κ1) is 22.8. The van der Waals surface area contributed by atoms with E-state index < -0.39 is 29.1 Å². The van der Waals surface area contributed by atoms with Gasteiger partial charge in [-0.25, -0.2) is 14.2 Å². The highest BCUT2D eigenvalue weighted by Gasteiger charge is 2.25. The zero-order chi connectivity index (χ0) is 24.2. The van der Waals surface area contributed by atoms with Crippen molar-refractivity contribution in [1.82, 2.24) is 14.5 Å². The Labute approximate surface area is 194 Å². The molecule has 0 saturated heterocycles. The molecular formula is C25H24N4O5. The summed E-state index contributed by atoms with van der Waals surface area (Å²) in [6.45, 7) is 1.75. The van der Waals surface area contributed by atoms with Crippen molar-refractivity contribution in [3.05, 3.63) is 92.8 Å². The molecule has 0 amide bonds. The van der Waals surface area contributed by atoms with Crippen LogP contribution >= 0.6 is 0 Å². The molecule has 4 aromatic rings. The molecule has 174 valence electrons. The Balaban J connectivity index is 1.82. The Kier molecular flexibility index (Phi) is 6.44. The van der Waals surface area contributed by atoms with Crippen LogP contribution in [-0.2, 0) is 16.0 Å². The minimum Gasteiger partial charge on any atom is -0.493 e. The highest BCUT2D eigenvalue weighted by atomic mass is 16.5. The summed E-state index contributed by atoms with van der Waals surface area (Å²) in [6, 6.07) is 15.1. The predicted octanol–water partition coefficient (Wildman–Crippen LogP) is 2.70. The van der Waals surface area contributed by atoms with Crippen LogP contribution in [0, 0.1) is 0 Å². The second-order valence-electron chi connectivity index (χ2n) is 7.66. The summed E-state index contributed by atoms with van der Waals surface area (Å²) in [5.41, 5.74) is 0.600. The quantitative estimate of drug-likeness (QED) is 0.288. The van der Waals surface area contributed by atoms with Gasteiger partial charge in [0.05, 0.1) is 18.5 Å². The lowest BCUT2D eigenvalue weighted by Gasteiger charge is -2.15. The van der Waals surface area contributed by atoms with E-state index in [2.05, 4.69) is 15.0 Å². The summed E-state index contributed by atoms with van der Waals surface area (Å²) in [5, 5.41) is 11.9. The van der Waals surface area contributed by atoms with Crippen LogP contribution in [0.5, 0.6) is 5.88 Å². The number of aromatic nitrogens is 3. The molecule has 9 nitrogen and oxygen atoms in total. The molecule has 2 aromatic heterocycles. The Morgan fingerprint density at radius 2 is 1.82 bits per heavy atom. The van der Waals surface area contributed by atoms with Crippen molar-refractivity contribution in [2.24, 2.45) is 4.99 Å². The lowest BCUT2D eigenvalue weighted by Crippen LogP contribution is -2.34. The minimum absolute atomic E-state index is 0.168. The average Bonchev–Trinajstić information content (AvgIpc) is 3.25. The smallest absolute Gasteiger partial charge is 0.335 e. The van der Waals surface area contributed by atoms with E-state index in [1.807, 2.05) is 30.5 Å². The molecule has 0 saturated carbocycles. The maximum Gasteiger partial charge on any atom is 0.335 e. The number of rotatable bonds is 7. The number of aromatic amines is 2. The molecule has 34 heavy (non-hydrogen) atoms. The average molecular weight is 460 g/mol. The van der Waals surface area contributed by atoms with Crippen molar-refractivity contribution in [1.29, 1.82) is 0 Å². The molecule has 0 aliphatic heterocycles. The van der Waals surface area contributed by atoms with Crippen LogP contribution in [0.15, 0.2) is 75.4 Å². The van der Waals surface area contributed by atoms with Gasteiger partial charge in [-0.05, 0) is 30.2 Å². The first-order chi connectivity index (χ1) is 16.4. The molecule has 0 radical (unpaired) electrons. The summed E-state index contributed by atoms with van der Waals surface area (Å²) in [4.78, 5) is 47.8. The zero-order valence-electron chi connectivity index (χ0n) is 18.7. The van der Waals surface area contributed by atoms with Gasteiger partial charge >= 0.3 is 11.7 Å². The van der Waals surface area contributed by atoms with Crippen LogP contribution in [0.25, 0.3) is 16.6 Å². The van der Waals surface area contributed by atoms with Crippen molar-refractivity contribution in [3.63, 3.8) is 0 Å². The fourth-order valence-corrected chi connectivity index (χ4v) is 3.95. The highest BCUT2D eigenvalue weighted by Crippen LogP contribution is 2.22. The van der Waals surface area contributed by atoms with Crippen LogP contribution in [0.4, 0.5) is 0 Å². The van der Waals surface area contributed by atoms with E-state index in [1.165, 1.54) is 7.11 Å². The van der Waals surface area contributed by atoms with Gasteiger partial charge in [0.2, 0.25) is 5.88 Å². The standard InChI is InChI=1S/C25H24N4O5/c1-3-18(21-22(30)28-25(33)29(23(21)31)16-9-5-4-6-10-16)27-20(24(32)34-2)13-15-14-26-19-12-8-7-11-17(15)19/h4-12,14,20,26,31H,3,13H2,1-2H3,(H,28,30,33)/t20-/m1/s1. The number of hydrogen-bond acceptors (Lipinski definition) is 6. The van der Waals surface area contributed by atoms with Gasteiger partial charge in [-0.1, -0.05) is 43.3 Å². The summed E-state index contributed by atoms with van der Waals surface area (Å²) < 4.78 is 5.96. The molecule has 0 bridgehead atoms. The van der Waals surface area contributed by atoms with Gasteiger partial charge in [0.25, 0.3) is 5.56 Å². The van der Waals surface area contributed by atoms with E-state index in [-0.39, 0.29) is 24.1 Å². The van der Waals surface area contributed by atoms with Crippen molar-refractivity contribution >= 4 is 22.6 Å². The number of carbonyl (C=O) groups excluding carboxylic acids is 1. The Bertz CT molecular complexity index is 1480. The lowest BCUT2D eigenvalue weighted by atomic mass is 10.0. The molecule has 0 spiro atoms. The van der Waals surface area contributed by atoms with Crippen molar-refractivity contribution in [2.45, 2.75) is 25.8 Å². The summed E-state index contributed by atoms with van der Waals surface area (Å²) in [7, 11) is 1.27. The van der Waals surface area contributed by atoms with Crippen LogP contribution in [0.1, 0.15) is 24.5 Å². The number of nitrogens with one attached hydrogen (secondary N) is 2. The fourth-order valence-electron chi connectivity index (χ4n) is 3.95. The van der Waals surface area contributed by atoms with Gasteiger partial charge in [0, 0.05) is 23.5 Å². The van der Waals surface area contributed by atoms with E-state index in [1.54, 1.807) is 37.3 Å². The number of para-hydroxylation sites is 2. The first-order valence-electron chi connectivity index (χ1n) is 10.8. The van der Waals surface area contributed by atoms with Crippen LogP contribution < -0.4 is 11.2 Å². The number of methoxy groups -OCH3 is 1. The molecule has 0 unspecified atom stereocenters. The lowest BCUT2D eigenvalue weighted by molar-refractivity contribution is -0.142. The van der Waals surface area contributed by atoms with Crippen LogP contribution in [-0.4, -0.2) is 44.5 Å². The monoisotopic (exact) mass is 460 g/mol. The molecule has 1 atom stereocenters.